The summed E-state index contributed by atoms with van der Waals surface area (Å²) in [6, 6.07) is 0. The molecule has 0 saturated heterocycles. The third kappa shape index (κ3) is 7.43. The number of alkyl halides is 1. The highest BCUT2D eigenvalue weighted by molar-refractivity contribution is 6.18. The first-order valence-electron chi connectivity index (χ1n) is 5.35. The minimum Gasteiger partial charge on any atom is -0.353 e. The van der Waals surface area contributed by atoms with Gasteiger partial charge >= 0.3 is 0 Å². The molecule has 0 aromatic carbocycles. The van der Waals surface area contributed by atoms with Crippen LogP contribution in [0.4, 0.5) is 0 Å². The Hall–Kier alpha value is -0.500. The lowest BCUT2D eigenvalue weighted by atomic mass is 9.80. The van der Waals surface area contributed by atoms with E-state index < -0.39 is 0 Å². The molecule has 0 aliphatic rings. The van der Waals surface area contributed by atoms with Gasteiger partial charge in [0.2, 0.25) is 5.91 Å². The molecule has 0 saturated carbocycles. The van der Waals surface area contributed by atoms with Gasteiger partial charge in [0.1, 0.15) is 0 Å². The molecule has 0 bridgehead atoms. The van der Waals surface area contributed by atoms with Gasteiger partial charge in [0.15, 0.2) is 0 Å². The molecule has 0 fully saturated rings. The highest BCUT2D eigenvalue weighted by Crippen LogP contribution is 2.27. The van der Waals surface area contributed by atoms with Crippen LogP contribution in [0.1, 0.15) is 34.1 Å². The summed E-state index contributed by atoms with van der Waals surface area (Å²) < 4.78 is 0. The Bertz CT molecular complexity index is 218. The molecule has 0 rings (SSSR count). The van der Waals surface area contributed by atoms with Crippen molar-refractivity contribution in [3.8, 4) is 0 Å². The smallest absolute Gasteiger partial charge is 0.220 e. The molecule has 3 heteroatoms. The van der Waals surface area contributed by atoms with Crippen molar-refractivity contribution in [2.45, 2.75) is 34.1 Å². The fourth-order valence-electron chi connectivity index (χ4n) is 0.976. The maximum absolute atomic E-state index is 11.5. The van der Waals surface area contributed by atoms with E-state index in [-0.39, 0.29) is 11.3 Å². The second kappa shape index (κ2) is 6.89. The molecule has 1 N–H and O–H groups in total. The van der Waals surface area contributed by atoms with Gasteiger partial charge < -0.3 is 5.32 Å². The number of amides is 1. The van der Waals surface area contributed by atoms with Crippen LogP contribution in [0.15, 0.2) is 12.2 Å². The summed E-state index contributed by atoms with van der Waals surface area (Å²) in [5, 5.41) is 2.84. The minimum atomic E-state index is 0.108. The van der Waals surface area contributed by atoms with E-state index in [4.69, 9.17) is 11.6 Å². The van der Waals surface area contributed by atoms with Gasteiger partial charge in [0.25, 0.3) is 0 Å². The van der Waals surface area contributed by atoms with Gasteiger partial charge in [-0.2, -0.15) is 0 Å². The first-order valence-corrected chi connectivity index (χ1v) is 5.89. The van der Waals surface area contributed by atoms with Crippen LogP contribution in [0.2, 0.25) is 0 Å². The summed E-state index contributed by atoms with van der Waals surface area (Å²) >= 11 is 5.46. The van der Waals surface area contributed by atoms with Gasteiger partial charge in [-0.15, -0.1) is 11.6 Å². The Morgan fingerprint density at radius 2 is 2.00 bits per heavy atom. The van der Waals surface area contributed by atoms with Crippen LogP contribution in [0.5, 0.6) is 0 Å². The summed E-state index contributed by atoms with van der Waals surface area (Å²) in [5.74, 6) is 0.986. The number of nitrogens with one attached hydrogen (secondary N) is 1. The summed E-state index contributed by atoms with van der Waals surface area (Å²) in [4.78, 5) is 11.5. The second-order valence-electron chi connectivity index (χ2n) is 4.90. The van der Waals surface area contributed by atoms with Gasteiger partial charge in [0, 0.05) is 18.8 Å². The summed E-state index contributed by atoms with van der Waals surface area (Å²) in [7, 11) is 0. The summed E-state index contributed by atoms with van der Waals surface area (Å²) in [5.41, 5.74) is 0.184. The lowest BCUT2D eigenvalue weighted by molar-refractivity contribution is -0.122. The second-order valence-corrected chi connectivity index (χ2v) is 5.21. The van der Waals surface area contributed by atoms with Crippen LogP contribution < -0.4 is 5.32 Å². The lowest BCUT2D eigenvalue weighted by Crippen LogP contribution is -2.29. The fourth-order valence-corrected chi connectivity index (χ4v) is 1.10. The molecule has 1 atom stereocenters. The molecular weight excluding hydrogens is 210 g/mol. The topological polar surface area (TPSA) is 29.1 Å². The molecule has 88 valence electrons. The first kappa shape index (κ1) is 14.5. The molecule has 0 aliphatic carbocycles. The van der Waals surface area contributed by atoms with Gasteiger partial charge in [-0.1, -0.05) is 39.8 Å². The largest absolute Gasteiger partial charge is 0.353 e. The third-order valence-electron chi connectivity index (χ3n) is 2.64. The molecule has 15 heavy (non-hydrogen) atoms. The van der Waals surface area contributed by atoms with Crippen LogP contribution in [-0.4, -0.2) is 18.3 Å². The number of halogens is 1. The average molecular weight is 232 g/mol. The maximum Gasteiger partial charge on any atom is 0.220 e. The number of rotatable bonds is 5. The molecular formula is C12H22ClNO. The van der Waals surface area contributed by atoms with Crippen molar-refractivity contribution in [1.29, 1.82) is 0 Å². The first-order chi connectivity index (χ1) is 6.88. The molecule has 0 heterocycles. The van der Waals surface area contributed by atoms with Crippen molar-refractivity contribution in [3.05, 3.63) is 12.2 Å². The fraction of sp³-hybridized carbons (Fsp3) is 0.750. The Balaban J connectivity index is 3.79. The van der Waals surface area contributed by atoms with Crippen LogP contribution in [0.25, 0.3) is 0 Å². The number of hydrogen-bond donors (Lipinski definition) is 1. The van der Waals surface area contributed by atoms with Crippen LogP contribution >= 0.6 is 11.6 Å². The van der Waals surface area contributed by atoms with E-state index in [0.29, 0.717) is 24.8 Å². The minimum absolute atomic E-state index is 0.108. The van der Waals surface area contributed by atoms with Crippen molar-refractivity contribution in [2.75, 3.05) is 12.4 Å². The standard InChI is InChI=1S/C12H22ClNO/c1-10(12(2,3)4)9-11(15)14-8-6-5-7-13/h5-6,10H,7-9H2,1-4H3,(H,14,15)/b6-5+. The van der Waals surface area contributed by atoms with Crippen LogP contribution in [0, 0.1) is 11.3 Å². The van der Waals surface area contributed by atoms with Crippen LogP contribution in [-0.2, 0) is 4.79 Å². The van der Waals surface area contributed by atoms with E-state index >= 15 is 0 Å². The summed E-state index contributed by atoms with van der Waals surface area (Å²) in [6.07, 6.45) is 4.28. The molecule has 1 unspecified atom stereocenters. The number of carbonyl (C=O) groups excluding carboxylic acids is 1. The normalized spacial score (nSPS) is 14.2. The SMILES string of the molecule is CC(CC(=O)NC/C=C/CCl)C(C)(C)C. The molecule has 0 radical (unpaired) electrons. The summed E-state index contributed by atoms with van der Waals surface area (Å²) in [6.45, 7) is 9.13. The molecule has 2 nitrogen and oxygen atoms in total. The molecule has 0 aromatic rings. The highest BCUT2D eigenvalue weighted by Gasteiger charge is 2.22. The zero-order valence-electron chi connectivity index (χ0n) is 10.1. The van der Waals surface area contributed by atoms with Crippen molar-refractivity contribution in [3.63, 3.8) is 0 Å². The monoisotopic (exact) mass is 231 g/mol. The van der Waals surface area contributed by atoms with Gasteiger partial charge in [-0.3, -0.25) is 4.79 Å². The highest BCUT2D eigenvalue weighted by atomic mass is 35.5. The van der Waals surface area contributed by atoms with Gasteiger partial charge in [0.05, 0.1) is 0 Å². The Labute approximate surface area is 98.1 Å². The number of hydrogen-bond acceptors (Lipinski definition) is 1. The lowest BCUT2D eigenvalue weighted by Gasteiger charge is -2.26. The van der Waals surface area contributed by atoms with Gasteiger partial charge in [-0.25, -0.2) is 0 Å². The molecule has 0 aromatic heterocycles. The quantitative estimate of drug-likeness (QED) is 0.572. The zero-order chi connectivity index (χ0) is 11.9. The Kier molecular flexibility index (Phi) is 6.66. The van der Waals surface area contributed by atoms with E-state index in [1.54, 1.807) is 0 Å². The van der Waals surface area contributed by atoms with E-state index in [9.17, 15) is 4.79 Å². The number of allylic oxidation sites excluding steroid dienone is 1. The molecule has 0 spiro atoms. The van der Waals surface area contributed by atoms with Crippen molar-refractivity contribution in [2.24, 2.45) is 11.3 Å². The van der Waals surface area contributed by atoms with Crippen LogP contribution in [0.3, 0.4) is 0 Å². The molecule has 0 aliphatic heterocycles. The van der Waals surface area contributed by atoms with Crippen molar-refractivity contribution < 1.29 is 4.79 Å². The van der Waals surface area contributed by atoms with E-state index in [0.717, 1.165) is 0 Å². The maximum atomic E-state index is 11.5. The zero-order valence-corrected chi connectivity index (χ0v) is 10.9. The predicted molar refractivity (Wildman–Crippen MR) is 66.1 cm³/mol. The van der Waals surface area contributed by atoms with Gasteiger partial charge in [-0.05, 0) is 11.3 Å². The van der Waals surface area contributed by atoms with E-state index in [1.807, 2.05) is 12.2 Å². The number of carbonyl (C=O) groups is 1. The Morgan fingerprint density at radius 3 is 2.47 bits per heavy atom. The van der Waals surface area contributed by atoms with Crippen molar-refractivity contribution in [1.82, 2.24) is 5.32 Å². The van der Waals surface area contributed by atoms with E-state index in [1.165, 1.54) is 0 Å². The van der Waals surface area contributed by atoms with E-state index in [2.05, 4.69) is 33.0 Å². The average Bonchev–Trinajstić information content (AvgIpc) is 2.11. The Morgan fingerprint density at radius 1 is 1.40 bits per heavy atom. The predicted octanol–water partition coefficient (Wildman–Crippen LogP) is 2.97. The molecule has 1 amide bonds. The van der Waals surface area contributed by atoms with Crippen molar-refractivity contribution >= 4 is 17.5 Å². The third-order valence-corrected chi connectivity index (χ3v) is 2.82.